The fourth-order valence-corrected chi connectivity index (χ4v) is 4.40. The standard InChI is InChI=1S/C25H24F6N4O4/c1-11(2)5-19(25(29,30)31)32-24(39)14-8-35(21-15(27)6-12(26)7-16(21)28)23-13(22(14)38)3-4-20(33-23)34-9-17(36)18(37)10-34/h3-4,6-8,11,17-19,36-37H,5,9-10H2,1-2H3,(H,32,39)/t17-,18+,19-/m0/s1. The van der Waals surface area contributed by atoms with Gasteiger partial charge in [-0.3, -0.25) is 14.2 Å². The zero-order valence-corrected chi connectivity index (χ0v) is 20.6. The summed E-state index contributed by atoms with van der Waals surface area (Å²) in [6.45, 7) is 2.90. The number of rotatable bonds is 6. The molecule has 2 aromatic heterocycles. The molecule has 0 spiro atoms. The van der Waals surface area contributed by atoms with Crippen molar-refractivity contribution in [1.29, 1.82) is 0 Å². The minimum atomic E-state index is -4.84. The number of hydrogen-bond acceptors (Lipinski definition) is 6. The second-order valence-corrected chi connectivity index (χ2v) is 9.74. The summed E-state index contributed by atoms with van der Waals surface area (Å²) in [7, 11) is 0. The number of hydrogen-bond donors (Lipinski definition) is 3. The van der Waals surface area contributed by atoms with Gasteiger partial charge in [0.15, 0.2) is 17.3 Å². The van der Waals surface area contributed by atoms with Gasteiger partial charge < -0.3 is 20.4 Å². The second kappa shape index (κ2) is 10.5. The van der Waals surface area contributed by atoms with E-state index >= 15 is 0 Å². The number of pyridine rings is 2. The molecule has 8 nitrogen and oxygen atoms in total. The molecule has 1 saturated heterocycles. The second-order valence-electron chi connectivity index (χ2n) is 9.74. The number of anilines is 1. The van der Waals surface area contributed by atoms with Crippen LogP contribution in [0.15, 0.2) is 35.3 Å². The van der Waals surface area contributed by atoms with E-state index in [1.165, 1.54) is 24.8 Å². The van der Waals surface area contributed by atoms with Gasteiger partial charge >= 0.3 is 6.18 Å². The van der Waals surface area contributed by atoms with Gasteiger partial charge in [-0.25, -0.2) is 18.2 Å². The van der Waals surface area contributed by atoms with Crippen LogP contribution in [0, 0.1) is 23.4 Å². The Kier molecular flexibility index (Phi) is 7.63. The van der Waals surface area contributed by atoms with E-state index < -0.39 is 82.5 Å². The summed E-state index contributed by atoms with van der Waals surface area (Å²) < 4.78 is 84.6. The quantitative estimate of drug-likeness (QED) is 0.402. The number of carbonyl (C=O) groups is 1. The summed E-state index contributed by atoms with van der Waals surface area (Å²) in [6, 6.07) is 0.832. The van der Waals surface area contributed by atoms with Crippen molar-refractivity contribution in [3.63, 3.8) is 0 Å². The third-order valence-corrected chi connectivity index (χ3v) is 6.29. The van der Waals surface area contributed by atoms with Gasteiger partial charge in [-0.15, -0.1) is 0 Å². The van der Waals surface area contributed by atoms with Crippen molar-refractivity contribution in [3.05, 3.63) is 63.7 Å². The maximum atomic E-state index is 14.8. The van der Waals surface area contributed by atoms with E-state index in [-0.39, 0.29) is 24.3 Å². The normalized spacial score (nSPS) is 18.7. The predicted octanol–water partition coefficient (Wildman–Crippen LogP) is 3.05. The number of amides is 1. The Balaban J connectivity index is 1.92. The van der Waals surface area contributed by atoms with Crippen LogP contribution in [-0.2, 0) is 0 Å². The monoisotopic (exact) mass is 558 g/mol. The number of carbonyl (C=O) groups excluding carboxylic acids is 1. The first kappa shape index (κ1) is 28.4. The minimum absolute atomic E-state index is 0.0572. The van der Waals surface area contributed by atoms with E-state index in [9.17, 15) is 46.1 Å². The van der Waals surface area contributed by atoms with Gasteiger partial charge in [-0.1, -0.05) is 13.8 Å². The molecule has 1 aromatic carbocycles. The van der Waals surface area contributed by atoms with E-state index in [1.807, 2.05) is 0 Å². The molecule has 1 amide bonds. The highest BCUT2D eigenvalue weighted by Crippen LogP contribution is 2.28. The highest BCUT2D eigenvalue weighted by Gasteiger charge is 2.41. The maximum Gasteiger partial charge on any atom is 0.408 e. The van der Waals surface area contributed by atoms with Crippen LogP contribution in [0.2, 0.25) is 0 Å². The van der Waals surface area contributed by atoms with Crippen molar-refractivity contribution < 1.29 is 41.4 Å². The fraction of sp³-hybridized carbons (Fsp3) is 0.400. The maximum absolute atomic E-state index is 14.8. The third-order valence-electron chi connectivity index (χ3n) is 6.29. The van der Waals surface area contributed by atoms with Crippen LogP contribution in [-0.4, -0.2) is 63.2 Å². The van der Waals surface area contributed by atoms with Crippen molar-refractivity contribution in [2.24, 2.45) is 5.92 Å². The number of aliphatic hydroxyl groups is 2. The minimum Gasteiger partial charge on any atom is -0.389 e. The summed E-state index contributed by atoms with van der Waals surface area (Å²) in [5.41, 5.74) is -3.25. The number of benzene rings is 1. The fourth-order valence-electron chi connectivity index (χ4n) is 4.40. The number of halogens is 6. The Morgan fingerprint density at radius 3 is 2.23 bits per heavy atom. The van der Waals surface area contributed by atoms with E-state index in [0.717, 1.165) is 6.07 Å². The van der Waals surface area contributed by atoms with Crippen LogP contribution < -0.4 is 15.6 Å². The van der Waals surface area contributed by atoms with E-state index in [4.69, 9.17) is 0 Å². The molecule has 210 valence electrons. The number of aromatic nitrogens is 2. The van der Waals surface area contributed by atoms with Crippen molar-refractivity contribution >= 4 is 22.8 Å². The number of nitrogens with zero attached hydrogens (tertiary/aromatic N) is 3. The molecule has 39 heavy (non-hydrogen) atoms. The lowest BCUT2D eigenvalue weighted by molar-refractivity contribution is -0.156. The SMILES string of the molecule is CC(C)C[C@H](NC(=O)c1cn(-c2c(F)cc(F)cc2F)c2nc(N3C[C@@H](O)[C@@H](O)C3)ccc2c1=O)C(F)(F)F. The molecule has 0 bridgehead atoms. The van der Waals surface area contributed by atoms with Crippen molar-refractivity contribution in [3.8, 4) is 5.69 Å². The Bertz CT molecular complexity index is 1440. The van der Waals surface area contributed by atoms with Gasteiger partial charge in [-0.2, -0.15) is 13.2 Å². The van der Waals surface area contributed by atoms with Crippen LogP contribution in [0.4, 0.5) is 32.2 Å². The molecule has 1 aliphatic heterocycles. The zero-order chi connectivity index (χ0) is 28.8. The first-order chi connectivity index (χ1) is 18.2. The van der Waals surface area contributed by atoms with Crippen LogP contribution in [0.1, 0.15) is 30.6 Å². The first-order valence-corrected chi connectivity index (χ1v) is 11.9. The summed E-state index contributed by atoms with van der Waals surface area (Å²) in [5, 5.41) is 21.1. The molecular formula is C25H24F6N4O4. The average molecular weight is 558 g/mol. The lowest BCUT2D eigenvalue weighted by Crippen LogP contribution is -2.47. The first-order valence-electron chi connectivity index (χ1n) is 11.9. The molecular weight excluding hydrogens is 534 g/mol. The van der Waals surface area contributed by atoms with Crippen molar-refractivity contribution in [1.82, 2.24) is 14.9 Å². The Hall–Kier alpha value is -3.65. The summed E-state index contributed by atoms with van der Waals surface area (Å²) in [6.07, 6.45) is -6.92. The van der Waals surface area contributed by atoms with Crippen molar-refractivity contribution in [2.75, 3.05) is 18.0 Å². The van der Waals surface area contributed by atoms with Crippen LogP contribution in [0.25, 0.3) is 16.7 Å². The topological polar surface area (TPSA) is 108 Å². The molecule has 0 radical (unpaired) electrons. The van der Waals surface area contributed by atoms with Gasteiger partial charge in [0.1, 0.15) is 28.9 Å². The lowest BCUT2D eigenvalue weighted by Gasteiger charge is -2.23. The number of β-amino-alcohol motifs (C(OH)–C–C–N with tert-alkyl or cyclic N) is 2. The van der Waals surface area contributed by atoms with E-state index in [1.54, 1.807) is 5.32 Å². The molecule has 0 unspecified atom stereocenters. The highest BCUT2D eigenvalue weighted by molar-refractivity contribution is 5.97. The predicted molar refractivity (Wildman–Crippen MR) is 128 cm³/mol. The smallest absolute Gasteiger partial charge is 0.389 e. The number of alkyl halides is 3. The van der Waals surface area contributed by atoms with Gasteiger partial charge in [0.05, 0.1) is 17.6 Å². The Labute approximate surface area is 217 Å². The number of aliphatic hydroxyl groups excluding tert-OH is 2. The largest absolute Gasteiger partial charge is 0.408 e. The summed E-state index contributed by atoms with van der Waals surface area (Å²) in [4.78, 5) is 31.8. The molecule has 4 rings (SSSR count). The summed E-state index contributed by atoms with van der Waals surface area (Å²) >= 11 is 0. The van der Waals surface area contributed by atoms with E-state index in [2.05, 4.69) is 4.98 Å². The molecule has 14 heteroatoms. The molecule has 3 aromatic rings. The lowest BCUT2D eigenvalue weighted by atomic mass is 10.0. The number of nitrogens with one attached hydrogen (secondary N) is 1. The zero-order valence-electron chi connectivity index (χ0n) is 20.6. The van der Waals surface area contributed by atoms with E-state index in [0.29, 0.717) is 22.9 Å². The van der Waals surface area contributed by atoms with Gasteiger partial charge in [0, 0.05) is 31.4 Å². The van der Waals surface area contributed by atoms with Gasteiger partial charge in [-0.05, 0) is 24.5 Å². The number of fused-ring (bicyclic) bond motifs is 1. The molecule has 3 N–H and O–H groups in total. The molecule has 1 fully saturated rings. The average Bonchev–Trinajstić information content (AvgIpc) is 3.16. The Morgan fingerprint density at radius 2 is 1.69 bits per heavy atom. The highest BCUT2D eigenvalue weighted by atomic mass is 19.4. The molecule has 3 heterocycles. The Morgan fingerprint density at radius 1 is 1.10 bits per heavy atom. The molecule has 1 aliphatic rings. The van der Waals surface area contributed by atoms with Crippen LogP contribution in [0.3, 0.4) is 0 Å². The third kappa shape index (κ3) is 5.71. The van der Waals surface area contributed by atoms with Crippen LogP contribution >= 0.6 is 0 Å². The molecule has 3 atom stereocenters. The van der Waals surface area contributed by atoms with Gasteiger partial charge in [0.2, 0.25) is 5.43 Å². The van der Waals surface area contributed by atoms with Crippen LogP contribution in [0.5, 0.6) is 0 Å². The molecule has 0 aliphatic carbocycles. The summed E-state index contributed by atoms with van der Waals surface area (Å²) in [5.74, 6) is -5.95. The van der Waals surface area contributed by atoms with Crippen molar-refractivity contribution in [2.45, 2.75) is 44.7 Å². The van der Waals surface area contributed by atoms with Gasteiger partial charge in [0.25, 0.3) is 5.91 Å². The molecule has 0 saturated carbocycles.